The first-order valence-electron chi connectivity index (χ1n) is 6.55. The molecule has 0 amide bonds. The van der Waals surface area contributed by atoms with Gasteiger partial charge in [-0.25, -0.2) is 9.97 Å². The van der Waals surface area contributed by atoms with E-state index < -0.39 is 0 Å². The molecule has 0 bridgehead atoms. The van der Waals surface area contributed by atoms with Gasteiger partial charge in [-0.05, 0) is 25.3 Å². The number of aromatic amines is 1. The van der Waals surface area contributed by atoms with Gasteiger partial charge in [-0.2, -0.15) is 5.10 Å². The van der Waals surface area contributed by atoms with Crippen LogP contribution >= 0.6 is 11.8 Å². The summed E-state index contributed by atoms with van der Waals surface area (Å²) in [7, 11) is 0. The number of anilines is 2. The molecule has 0 aliphatic rings. The number of hydrogen-bond donors (Lipinski definition) is 2. The van der Waals surface area contributed by atoms with Crippen molar-refractivity contribution in [3.63, 3.8) is 0 Å². The third-order valence-electron chi connectivity index (χ3n) is 2.92. The maximum Gasteiger partial charge on any atom is 0.189 e. The second-order valence-corrected chi connectivity index (χ2v) is 5.02. The molecule has 0 saturated carbocycles. The highest BCUT2D eigenvalue weighted by molar-refractivity contribution is 7.98. The number of nitrogens with zero attached hydrogens (tertiary/aromatic N) is 3. The largest absolute Gasteiger partial charge is 0.488 e. The van der Waals surface area contributed by atoms with Crippen LogP contribution in [0.15, 0.2) is 35.6 Å². The maximum absolute atomic E-state index is 5.56. The standard InChI is InChI=1S/C14H15N5OS/c1-3-20-11-8-15-14(21-2)17-13(11)16-12-9-6-4-5-7-10(9)18-19-12/h4-8H,3H2,1-2H3,(H2,15,16,17,18,19). The zero-order chi connectivity index (χ0) is 14.7. The van der Waals surface area contributed by atoms with Gasteiger partial charge in [0.2, 0.25) is 0 Å². The van der Waals surface area contributed by atoms with Crippen molar-refractivity contribution in [3.05, 3.63) is 30.5 Å². The molecule has 108 valence electrons. The van der Waals surface area contributed by atoms with Crippen molar-refractivity contribution < 1.29 is 4.74 Å². The Kier molecular flexibility index (Phi) is 3.92. The summed E-state index contributed by atoms with van der Waals surface area (Å²) < 4.78 is 5.56. The number of benzene rings is 1. The molecule has 3 aromatic rings. The SMILES string of the molecule is CCOc1cnc(SC)nc1Nc1n[nH]c2ccccc12. The maximum atomic E-state index is 5.56. The molecule has 7 heteroatoms. The molecule has 0 unspecified atom stereocenters. The van der Waals surface area contributed by atoms with Gasteiger partial charge in [-0.1, -0.05) is 23.9 Å². The van der Waals surface area contributed by atoms with Gasteiger partial charge in [0, 0.05) is 5.39 Å². The number of ether oxygens (including phenoxy) is 1. The summed E-state index contributed by atoms with van der Waals surface area (Å²) in [6.45, 7) is 2.48. The Labute approximate surface area is 126 Å². The van der Waals surface area contributed by atoms with E-state index in [2.05, 4.69) is 25.5 Å². The number of hydrogen-bond acceptors (Lipinski definition) is 6. The Morgan fingerprint density at radius 3 is 2.95 bits per heavy atom. The molecule has 21 heavy (non-hydrogen) atoms. The number of para-hydroxylation sites is 1. The number of rotatable bonds is 5. The van der Waals surface area contributed by atoms with E-state index in [0.29, 0.717) is 23.3 Å². The van der Waals surface area contributed by atoms with Crippen molar-refractivity contribution in [1.29, 1.82) is 0 Å². The Bertz CT molecular complexity index is 758. The first-order valence-corrected chi connectivity index (χ1v) is 7.78. The van der Waals surface area contributed by atoms with Crippen LogP contribution in [-0.4, -0.2) is 33.0 Å². The lowest BCUT2D eigenvalue weighted by Crippen LogP contribution is -2.02. The van der Waals surface area contributed by atoms with Crippen LogP contribution in [-0.2, 0) is 0 Å². The van der Waals surface area contributed by atoms with Gasteiger partial charge in [-0.15, -0.1) is 0 Å². The number of nitrogens with one attached hydrogen (secondary N) is 2. The fourth-order valence-corrected chi connectivity index (χ4v) is 2.32. The van der Waals surface area contributed by atoms with E-state index in [1.165, 1.54) is 11.8 Å². The third kappa shape index (κ3) is 2.78. The van der Waals surface area contributed by atoms with Crippen LogP contribution in [0.3, 0.4) is 0 Å². The summed E-state index contributed by atoms with van der Waals surface area (Å²) >= 11 is 1.48. The van der Waals surface area contributed by atoms with Crippen molar-refractivity contribution in [3.8, 4) is 5.75 Å². The predicted molar refractivity (Wildman–Crippen MR) is 84.4 cm³/mol. The summed E-state index contributed by atoms with van der Waals surface area (Å²) in [5.74, 6) is 1.95. The number of fused-ring (bicyclic) bond motifs is 1. The average molecular weight is 301 g/mol. The van der Waals surface area contributed by atoms with Gasteiger partial charge >= 0.3 is 0 Å². The molecule has 0 spiro atoms. The summed E-state index contributed by atoms with van der Waals surface area (Å²) in [5.41, 5.74) is 0.970. The van der Waals surface area contributed by atoms with Crippen molar-refractivity contribution in [2.75, 3.05) is 18.2 Å². The highest BCUT2D eigenvalue weighted by Crippen LogP contribution is 2.29. The van der Waals surface area contributed by atoms with Gasteiger partial charge in [0.25, 0.3) is 0 Å². The second-order valence-electron chi connectivity index (χ2n) is 4.25. The van der Waals surface area contributed by atoms with Gasteiger partial charge in [-0.3, -0.25) is 5.10 Å². The lowest BCUT2D eigenvalue weighted by Gasteiger charge is -2.10. The zero-order valence-corrected chi connectivity index (χ0v) is 12.6. The van der Waals surface area contributed by atoms with Gasteiger partial charge < -0.3 is 10.1 Å². The molecule has 2 heterocycles. The predicted octanol–water partition coefficient (Wildman–Crippen LogP) is 3.22. The molecule has 6 nitrogen and oxygen atoms in total. The van der Waals surface area contributed by atoms with Crippen LogP contribution in [0, 0.1) is 0 Å². The van der Waals surface area contributed by atoms with Crippen molar-refractivity contribution in [2.45, 2.75) is 12.1 Å². The van der Waals surface area contributed by atoms with Crippen molar-refractivity contribution >= 4 is 34.3 Å². The normalized spacial score (nSPS) is 10.8. The van der Waals surface area contributed by atoms with Crippen LogP contribution in [0.25, 0.3) is 10.9 Å². The molecule has 2 aromatic heterocycles. The Morgan fingerprint density at radius 1 is 1.29 bits per heavy atom. The van der Waals surface area contributed by atoms with Gasteiger partial charge in [0.05, 0.1) is 18.3 Å². The molecular weight excluding hydrogens is 286 g/mol. The van der Waals surface area contributed by atoms with Gasteiger partial charge in [0.1, 0.15) is 0 Å². The molecular formula is C14H15N5OS. The summed E-state index contributed by atoms with van der Waals surface area (Å²) in [6.07, 6.45) is 3.61. The lowest BCUT2D eigenvalue weighted by molar-refractivity contribution is 0.338. The monoisotopic (exact) mass is 301 g/mol. The molecule has 0 radical (unpaired) electrons. The minimum absolute atomic E-state index is 0.554. The van der Waals surface area contributed by atoms with E-state index in [4.69, 9.17) is 4.74 Å². The molecule has 0 saturated heterocycles. The highest BCUT2D eigenvalue weighted by atomic mass is 32.2. The van der Waals surface area contributed by atoms with Crippen LogP contribution in [0.2, 0.25) is 0 Å². The molecule has 0 aliphatic heterocycles. The molecule has 2 N–H and O–H groups in total. The van der Waals surface area contributed by atoms with E-state index in [9.17, 15) is 0 Å². The van der Waals surface area contributed by atoms with Crippen molar-refractivity contribution in [1.82, 2.24) is 20.2 Å². The van der Waals surface area contributed by atoms with E-state index in [1.54, 1.807) is 6.20 Å². The summed E-state index contributed by atoms with van der Waals surface area (Å²) in [5, 5.41) is 12.2. The van der Waals surface area contributed by atoms with E-state index in [-0.39, 0.29) is 0 Å². The third-order valence-corrected chi connectivity index (χ3v) is 3.48. The smallest absolute Gasteiger partial charge is 0.189 e. The van der Waals surface area contributed by atoms with E-state index in [1.807, 2.05) is 37.4 Å². The van der Waals surface area contributed by atoms with Crippen molar-refractivity contribution in [2.24, 2.45) is 0 Å². The molecule has 1 aromatic carbocycles. The topological polar surface area (TPSA) is 75.7 Å². The molecule has 3 rings (SSSR count). The van der Waals surface area contributed by atoms with Crippen LogP contribution in [0.5, 0.6) is 5.75 Å². The first kappa shape index (κ1) is 13.7. The van der Waals surface area contributed by atoms with Gasteiger partial charge in [0.15, 0.2) is 22.5 Å². The minimum Gasteiger partial charge on any atom is -0.488 e. The van der Waals surface area contributed by atoms with Crippen LogP contribution < -0.4 is 10.1 Å². The average Bonchev–Trinajstić information content (AvgIpc) is 2.92. The summed E-state index contributed by atoms with van der Waals surface area (Å²) in [4.78, 5) is 8.68. The van der Waals surface area contributed by atoms with Crippen LogP contribution in [0.1, 0.15) is 6.92 Å². The summed E-state index contributed by atoms with van der Waals surface area (Å²) in [6, 6.07) is 7.91. The lowest BCUT2D eigenvalue weighted by atomic mass is 10.2. The molecule has 0 aliphatic carbocycles. The number of thioether (sulfide) groups is 1. The highest BCUT2D eigenvalue weighted by Gasteiger charge is 2.12. The Morgan fingerprint density at radius 2 is 2.14 bits per heavy atom. The first-order chi connectivity index (χ1) is 10.3. The van der Waals surface area contributed by atoms with Crippen LogP contribution in [0.4, 0.5) is 11.6 Å². The second kappa shape index (κ2) is 6.01. The quantitative estimate of drug-likeness (QED) is 0.556. The fourth-order valence-electron chi connectivity index (χ4n) is 1.97. The fraction of sp³-hybridized carbons (Fsp3) is 0.214. The number of aromatic nitrogens is 4. The Hall–Kier alpha value is -2.28. The van der Waals surface area contributed by atoms with E-state index >= 15 is 0 Å². The zero-order valence-electron chi connectivity index (χ0n) is 11.8. The Balaban J connectivity index is 1.99. The molecule has 0 atom stereocenters. The molecule has 0 fully saturated rings. The minimum atomic E-state index is 0.554. The van der Waals surface area contributed by atoms with E-state index in [0.717, 1.165) is 16.7 Å². The number of H-pyrrole nitrogens is 1.